The van der Waals surface area contributed by atoms with Crippen molar-refractivity contribution in [2.24, 2.45) is 5.10 Å². The van der Waals surface area contributed by atoms with E-state index in [-0.39, 0.29) is 44.1 Å². The number of aromatic amines is 5. The molecule has 0 bridgehead atoms. The van der Waals surface area contributed by atoms with Gasteiger partial charge < -0.3 is 40.9 Å². The second-order valence-corrected chi connectivity index (χ2v) is 31.6. The molecule has 6 heterocycles. The molecule has 1 aliphatic rings. The van der Waals surface area contributed by atoms with Crippen molar-refractivity contribution in [2.45, 2.75) is 41.5 Å². The summed E-state index contributed by atoms with van der Waals surface area (Å²) in [5.74, 6) is 0. The van der Waals surface area contributed by atoms with Crippen molar-refractivity contribution in [3.8, 4) is 56.3 Å². The number of nitro groups is 2. The zero-order valence-electron chi connectivity index (χ0n) is 76.4. The number of nitrogens with two attached hydrogens (primary N) is 2. The van der Waals surface area contributed by atoms with Gasteiger partial charge in [0.2, 0.25) is 0 Å². The van der Waals surface area contributed by atoms with Crippen LogP contribution in [-0.4, -0.2) is 148 Å². The number of benzene rings is 12. The molecule has 18 rings (SSSR count). The number of nitro benzene ring substituents is 2. The standard InChI is InChI=1S/C18H18N4O3.C18H20N4O.C18H19N3O.C17H17N3.C16H14N4O3.C16H16N4O/c1-3-21(4-2)15-10-9-12(11-16(15)22(24)25)17-13-7-5-6-8-14(13)18(23)20-19-17;1-3-22(4-2)12-9-10-15(16(19)11-12)17-13-7-5-6-8-14(13)18(23)21-20-17;1-3-21(4-2)14-11-9-13(10-12-14)17-15-7-5-6-8-16(15)18(22)20-19-17;1-12-15-6-4-5-7-16(15)17(19-18-12)13-8-10-14(11-9-13)20(2)3;1-19(2)13-8-7-10(9-14(13)20(22)23)15-11-5-3-4-6-12(11)16(21)18-17-15;1-20(2)14-8-7-10(9-13(14)17)15-11-5-3-4-6-12(11)16(21)19-18-15/h5-11H,3-4H2,1-2H3,(H,20,23);5-11H,3-4,19H2,1-2H3,(H,21,23);5-12H,3-4H2,1-2H3,(H,20,22);4-11,18H,1H2,2-3H3;3-9H,1-2H3,(H,18,21);3-9H,17H2,1-2H3,(H,19,21). The first-order valence-corrected chi connectivity index (χ1v) is 43.5. The van der Waals surface area contributed by atoms with Crippen LogP contribution in [0.25, 0.3) is 116 Å². The van der Waals surface area contributed by atoms with Gasteiger partial charge in [0.1, 0.15) is 17.1 Å². The molecule has 0 unspecified atom stereocenters. The van der Waals surface area contributed by atoms with E-state index in [2.05, 4.69) is 171 Å². The van der Waals surface area contributed by atoms with Gasteiger partial charge in [-0.05, 0) is 139 Å². The molecule has 1 aliphatic heterocycles. The van der Waals surface area contributed by atoms with E-state index < -0.39 is 4.92 Å². The molecule has 0 fully saturated rings. The Morgan fingerprint density at radius 1 is 0.306 bits per heavy atom. The molecule has 5 aromatic heterocycles. The van der Waals surface area contributed by atoms with Crippen LogP contribution >= 0.6 is 0 Å². The molecule has 0 aliphatic carbocycles. The van der Waals surface area contributed by atoms with Crippen molar-refractivity contribution in [3.05, 3.63) is 362 Å². The van der Waals surface area contributed by atoms with Crippen molar-refractivity contribution in [2.75, 3.05) is 122 Å². The second kappa shape index (κ2) is 42.8. The minimum atomic E-state index is -0.424. The summed E-state index contributed by atoms with van der Waals surface area (Å²) in [5, 5.41) is 67.5. The van der Waals surface area contributed by atoms with E-state index in [1.807, 2.05) is 167 Å². The molecule has 12 aromatic carbocycles. The molecule has 10 N–H and O–H groups in total. The van der Waals surface area contributed by atoms with Crippen LogP contribution in [0.2, 0.25) is 0 Å². The lowest BCUT2D eigenvalue weighted by Crippen LogP contribution is -2.22. The molecule has 680 valence electrons. The maximum atomic E-state index is 11.9. The summed E-state index contributed by atoms with van der Waals surface area (Å²) in [4.78, 5) is 93.6. The topological polar surface area (TPSA) is 411 Å². The number of hydrazone groups is 1. The van der Waals surface area contributed by atoms with Crippen LogP contribution in [0.1, 0.15) is 58.2 Å². The van der Waals surface area contributed by atoms with E-state index in [0.717, 1.165) is 110 Å². The molecule has 17 aromatic rings. The average Bonchev–Trinajstić information content (AvgIpc) is 0.813. The smallest absolute Gasteiger partial charge is 0.293 e. The lowest BCUT2D eigenvalue weighted by molar-refractivity contribution is -0.384. The fourth-order valence-corrected chi connectivity index (χ4v) is 15.9. The largest absolute Gasteiger partial charge is 0.398 e. The Morgan fingerprint density at radius 2 is 0.619 bits per heavy atom. The van der Waals surface area contributed by atoms with Crippen LogP contribution in [0.5, 0.6) is 0 Å². The first-order valence-electron chi connectivity index (χ1n) is 43.5. The summed E-state index contributed by atoms with van der Waals surface area (Å²) in [5.41, 5.74) is 33.4. The number of nitrogens with zero attached hydrogens (tertiary/aromatic N) is 14. The molecule has 0 radical (unpaired) electrons. The number of fused-ring (bicyclic) bond motifs is 6. The number of hydrogen-bond acceptors (Lipinski definition) is 24. The van der Waals surface area contributed by atoms with E-state index >= 15 is 0 Å². The molecule has 0 atom stereocenters. The molecule has 31 heteroatoms. The van der Waals surface area contributed by atoms with Gasteiger partial charge in [-0.3, -0.25) is 49.6 Å². The number of nitrogens with one attached hydrogen (secondary N) is 6. The Labute approximate surface area is 771 Å². The highest BCUT2D eigenvalue weighted by atomic mass is 16.6. The summed E-state index contributed by atoms with van der Waals surface area (Å²) in [7, 11) is 11.4. The molecule has 134 heavy (non-hydrogen) atoms. The summed E-state index contributed by atoms with van der Waals surface area (Å²) < 4.78 is 0. The highest BCUT2D eigenvalue weighted by Gasteiger charge is 2.25. The van der Waals surface area contributed by atoms with Gasteiger partial charge in [-0.25, -0.2) is 25.5 Å². The average molecular weight is 1790 g/mol. The number of aromatic nitrogens is 10. The minimum Gasteiger partial charge on any atom is -0.398 e. The number of anilines is 8. The van der Waals surface area contributed by atoms with Crippen molar-refractivity contribution in [3.63, 3.8) is 0 Å². The fraction of sp³-hybridized carbons (Fsp3) is 0.175. The van der Waals surface area contributed by atoms with Crippen LogP contribution in [0.4, 0.5) is 56.9 Å². The van der Waals surface area contributed by atoms with Gasteiger partial charge in [0.25, 0.3) is 39.2 Å². The lowest BCUT2D eigenvalue weighted by atomic mass is 9.95. The monoisotopic (exact) mass is 1790 g/mol. The van der Waals surface area contributed by atoms with Crippen LogP contribution < -0.4 is 74.1 Å². The van der Waals surface area contributed by atoms with Crippen LogP contribution in [0, 0.1) is 20.2 Å². The highest BCUT2D eigenvalue weighted by molar-refractivity contribution is 6.16. The van der Waals surface area contributed by atoms with Crippen LogP contribution in [-0.2, 0) is 0 Å². The van der Waals surface area contributed by atoms with Gasteiger partial charge in [-0.15, -0.1) is 0 Å². The highest BCUT2D eigenvalue weighted by Crippen LogP contribution is 2.39. The lowest BCUT2D eigenvalue weighted by Gasteiger charge is -2.22. The molecule has 0 amide bonds. The maximum absolute atomic E-state index is 11.9. The Bertz CT molecular complexity index is 7530. The van der Waals surface area contributed by atoms with Gasteiger partial charge in [0.05, 0.1) is 82.3 Å². The van der Waals surface area contributed by atoms with Gasteiger partial charge >= 0.3 is 0 Å². The van der Waals surface area contributed by atoms with Gasteiger partial charge in [0, 0.05) is 188 Å². The molecular weight excluding hydrogens is 1690 g/mol. The molecule has 31 nitrogen and oxygen atoms in total. The van der Waals surface area contributed by atoms with Crippen LogP contribution in [0.3, 0.4) is 0 Å². The van der Waals surface area contributed by atoms with Gasteiger partial charge in [0.15, 0.2) is 0 Å². The summed E-state index contributed by atoms with van der Waals surface area (Å²) in [6, 6.07) is 83.1. The zero-order valence-corrected chi connectivity index (χ0v) is 76.4. The van der Waals surface area contributed by atoms with E-state index in [1.165, 1.54) is 23.5 Å². The SMILES string of the molecule is C=C1NN=C(c2ccc(N(C)C)cc2)c2ccccc21.CCN(CC)c1ccc(-c2n[nH]c(=O)c3ccccc23)c(N)c1.CCN(CC)c1ccc(-c2n[nH]c(=O)c3ccccc23)cc1.CCN(CC)c1ccc(-c2n[nH]c(=O)c3ccccc23)cc1[N+](=O)[O-].CN(C)c1ccc(-c2n[nH]c(=O)c3ccccc23)cc1N.CN(C)c1ccc(-c2n[nH]c(=O)c3ccccc23)cc1[N+](=O)[O-]. The van der Waals surface area contributed by atoms with Gasteiger partial charge in [-0.2, -0.15) is 30.6 Å². The van der Waals surface area contributed by atoms with E-state index in [1.54, 1.807) is 97.9 Å². The van der Waals surface area contributed by atoms with Crippen molar-refractivity contribution in [1.82, 2.24) is 56.4 Å². The minimum absolute atomic E-state index is 0.00965. The molecule has 0 saturated heterocycles. The third kappa shape index (κ3) is 20.9. The Balaban J connectivity index is 0.000000137. The van der Waals surface area contributed by atoms with Crippen molar-refractivity contribution in [1.29, 1.82) is 0 Å². The zero-order chi connectivity index (χ0) is 95.6. The van der Waals surface area contributed by atoms with E-state index in [4.69, 9.17) is 11.5 Å². The summed E-state index contributed by atoms with van der Waals surface area (Å²) in [6.45, 7) is 21.6. The van der Waals surface area contributed by atoms with Crippen LogP contribution in [0.15, 0.2) is 303 Å². The van der Waals surface area contributed by atoms with E-state index in [0.29, 0.717) is 102 Å². The van der Waals surface area contributed by atoms with Crippen molar-refractivity contribution < 1.29 is 9.85 Å². The second-order valence-electron chi connectivity index (χ2n) is 31.6. The number of rotatable bonds is 20. The molecule has 0 spiro atoms. The third-order valence-corrected chi connectivity index (χ3v) is 22.9. The fourth-order valence-electron chi connectivity index (χ4n) is 15.9. The first kappa shape index (κ1) is 94.4. The third-order valence-electron chi connectivity index (χ3n) is 22.9. The molecule has 0 saturated carbocycles. The predicted octanol–water partition coefficient (Wildman–Crippen LogP) is 17.7. The molecular formula is C103H104N22O9. The summed E-state index contributed by atoms with van der Waals surface area (Å²) in [6.07, 6.45) is 0. The number of H-pyrrole nitrogens is 5. The number of hydrogen-bond donors (Lipinski definition) is 8. The predicted molar refractivity (Wildman–Crippen MR) is 545 cm³/mol. The normalized spacial score (nSPS) is 11.2. The van der Waals surface area contributed by atoms with Gasteiger partial charge in [-0.1, -0.05) is 164 Å². The quantitative estimate of drug-likeness (QED) is 0.0200. The Hall–Kier alpha value is -17.3. The Morgan fingerprint density at radius 3 is 1.00 bits per heavy atom. The van der Waals surface area contributed by atoms with E-state index in [9.17, 15) is 44.2 Å². The first-order chi connectivity index (χ1) is 64.7. The van der Waals surface area contributed by atoms with Crippen molar-refractivity contribution >= 4 is 122 Å². The number of nitrogen functional groups attached to an aromatic ring is 2. The maximum Gasteiger partial charge on any atom is 0.293 e. The summed E-state index contributed by atoms with van der Waals surface area (Å²) >= 11 is 0. The Kier molecular flexibility index (Phi) is 30.1.